The highest BCUT2D eigenvalue weighted by Crippen LogP contribution is 2.27. The predicted molar refractivity (Wildman–Crippen MR) is 50.7 cm³/mol. The van der Waals surface area contributed by atoms with Crippen molar-refractivity contribution in [3.63, 3.8) is 0 Å². The average Bonchev–Trinajstić information content (AvgIpc) is 2.08. The summed E-state index contributed by atoms with van der Waals surface area (Å²) in [4.78, 5) is 0. The Bertz CT molecular complexity index is 320. The molecule has 1 aromatic carbocycles. The van der Waals surface area contributed by atoms with Crippen molar-refractivity contribution in [2.45, 2.75) is 18.9 Å². The van der Waals surface area contributed by atoms with Gasteiger partial charge in [-0.1, -0.05) is 17.7 Å². The van der Waals surface area contributed by atoms with Crippen LogP contribution in [0.1, 0.15) is 18.0 Å². The molecule has 1 rings (SSSR count). The van der Waals surface area contributed by atoms with Crippen molar-refractivity contribution in [2.24, 2.45) is 5.73 Å². The predicted octanol–water partition coefficient (Wildman–Crippen LogP) is 2.70. The van der Waals surface area contributed by atoms with Gasteiger partial charge < -0.3 is 10.8 Å². The molecule has 0 spiro atoms. The van der Waals surface area contributed by atoms with Crippen LogP contribution in [0.2, 0.25) is 5.02 Å². The molecule has 1 atom stereocenters. The fourth-order valence-corrected chi connectivity index (χ4v) is 1.27. The van der Waals surface area contributed by atoms with E-state index >= 15 is 0 Å². The minimum Gasteiger partial charge on any atom is -0.506 e. The number of nitrogens with two attached hydrogens (primary N) is 1. The van der Waals surface area contributed by atoms with Crippen LogP contribution >= 0.6 is 11.6 Å². The fourth-order valence-electron chi connectivity index (χ4n) is 1.08. The Morgan fingerprint density at radius 3 is 2.57 bits per heavy atom. The van der Waals surface area contributed by atoms with Crippen LogP contribution in [0.25, 0.3) is 0 Å². The molecule has 5 heteroatoms. The molecular weight excluding hydrogens is 212 g/mol. The molecule has 14 heavy (non-hydrogen) atoms. The van der Waals surface area contributed by atoms with Crippen LogP contribution < -0.4 is 5.73 Å². The molecule has 0 radical (unpaired) electrons. The number of rotatable bonds is 3. The summed E-state index contributed by atoms with van der Waals surface area (Å²) in [6.07, 6.45) is -2.86. The van der Waals surface area contributed by atoms with Gasteiger partial charge in [-0.15, -0.1) is 0 Å². The molecule has 0 unspecified atom stereocenters. The molecule has 0 amide bonds. The van der Waals surface area contributed by atoms with Gasteiger partial charge in [-0.3, -0.25) is 0 Å². The maximum absolute atomic E-state index is 12.0. The lowest BCUT2D eigenvalue weighted by Gasteiger charge is -2.11. The maximum atomic E-state index is 12.0. The lowest BCUT2D eigenvalue weighted by atomic mass is 10.1. The molecule has 1 aromatic rings. The lowest BCUT2D eigenvalue weighted by molar-refractivity contribution is 0.128. The van der Waals surface area contributed by atoms with Crippen molar-refractivity contribution < 1.29 is 13.9 Å². The normalized spacial score (nSPS) is 13.2. The number of halogens is 3. The number of alkyl halides is 2. The Hall–Kier alpha value is -0.870. The molecule has 0 saturated heterocycles. The first kappa shape index (κ1) is 11.2. The monoisotopic (exact) mass is 221 g/mol. The zero-order valence-electron chi connectivity index (χ0n) is 7.25. The Labute approximate surface area is 85.3 Å². The third-order valence-electron chi connectivity index (χ3n) is 1.83. The Balaban J connectivity index is 2.80. The van der Waals surface area contributed by atoms with Crippen molar-refractivity contribution in [1.29, 1.82) is 0 Å². The molecular formula is C9H10ClF2NO. The summed E-state index contributed by atoms with van der Waals surface area (Å²) in [5.74, 6) is -0.0836. The molecule has 78 valence electrons. The van der Waals surface area contributed by atoms with Gasteiger partial charge in [0.1, 0.15) is 5.75 Å². The van der Waals surface area contributed by atoms with Gasteiger partial charge in [0.15, 0.2) is 0 Å². The van der Waals surface area contributed by atoms with E-state index in [0.717, 1.165) is 0 Å². The van der Waals surface area contributed by atoms with E-state index < -0.39 is 18.9 Å². The summed E-state index contributed by atoms with van der Waals surface area (Å²) in [6, 6.07) is 3.45. The number of aromatic hydroxyl groups is 1. The van der Waals surface area contributed by atoms with E-state index in [9.17, 15) is 8.78 Å². The molecule has 0 aliphatic rings. The summed E-state index contributed by atoms with van der Waals surface area (Å²) in [6.45, 7) is 0. The molecule has 0 aromatic heterocycles. The van der Waals surface area contributed by atoms with Crippen molar-refractivity contribution in [1.82, 2.24) is 0 Å². The number of hydrogen-bond donors (Lipinski definition) is 2. The van der Waals surface area contributed by atoms with Gasteiger partial charge >= 0.3 is 0 Å². The minimum absolute atomic E-state index is 0.0836. The van der Waals surface area contributed by atoms with Crippen LogP contribution in [0.15, 0.2) is 18.2 Å². The fraction of sp³-hybridized carbons (Fsp3) is 0.333. The molecule has 0 bridgehead atoms. The van der Waals surface area contributed by atoms with Gasteiger partial charge in [-0.2, -0.15) is 0 Å². The molecule has 0 fully saturated rings. The van der Waals surface area contributed by atoms with Crippen molar-refractivity contribution >= 4 is 11.6 Å². The Morgan fingerprint density at radius 1 is 1.43 bits per heavy atom. The second-order valence-electron chi connectivity index (χ2n) is 2.94. The van der Waals surface area contributed by atoms with E-state index in [0.29, 0.717) is 5.56 Å². The minimum atomic E-state index is -2.45. The van der Waals surface area contributed by atoms with Gasteiger partial charge in [-0.05, 0) is 17.7 Å². The summed E-state index contributed by atoms with van der Waals surface area (Å²) >= 11 is 5.60. The van der Waals surface area contributed by atoms with E-state index in [-0.39, 0.29) is 10.8 Å². The smallest absolute Gasteiger partial charge is 0.240 e. The van der Waals surface area contributed by atoms with Gasteiger partial charge in [0.05, 0.1) is 5.02 Å². The lowest BCUT2D eigenvalue weighted by Crippen LogP contribution is -2.13. The first-order valence-electron chi connectivity index (χ1n) is 4.03. The highest BCUT2D eigenvalue weighted by atomic mass is 35.5. The van der Waals surface area contributed by atoms with Crippen LogP contribution in [-0.4, -0.2) is 11.5 Å². The van der Waals surface area contributed by atoms with Crippen molar-refractivity contribution in [3.05, 3.63) is 28.8 Å². The largest absolute Gasteiger partial charge is 0.506 e. The molecule has 0 saturated carbocycles. The maximum Gasteiger partial charge on any atom is 0.240 e. The first-order valence-corrected chi connectivity index (χ1v) is 4.40. The second kappa shape index (κ2) is 4.57. The van der Waals surface area contributed by atoms with Gasteiger partial charge in [0, 0.05) is 12.5 Å². The van der Waals surface area contributed by atoms with E-state index in [2.05, 4.69) is 0 Å². The third kappa shape index (κ3) is 2.82. The standard InChI is InChI=1S/C9H10ClF2NO/c10-6-3-5(1-2-8(6)14)7(13)4-9(11)12/h1-3,7,9,14H,4,13H2/t7-/m0/s1. The molecule has 3 N–H and O–H groups in total. The van der Waals surface area contributed by atoms with Gasteiger partial charge in [-0.25, -0.2) is 8.78 Å². The highest BCUT2D eigenvalue weighted by Gasteiger charge is 2.13. The third-order valence-corrected chi connectivity index (χ3v) is 2.13. The number of phenolic OH excluding ortho intramolecular Hbond substituents is 1. The Kier molecular flexibility index (Phi) is 3.66. The second-order valence-corrected chi connectivity index (χ2v) is 3.35. The average molecular weight is 222 g/mol. The van der Waals surface area contributed by atoms with Crippen molar-refractivity contribution in [3.8, 4) is 5.75 Å². The van der Waals surface area contributed by atoms with Crippen LogP contribution in [0.4, 0.5) is 8.78 Å². The molecule has 0 aliphatic carbocycles. The first-order chi connectivity index (χ1) is 6.50. The zero-order valence-corrected chi connectivity index (χ0v) is 8.01. The molecule has 2 nitrogen and oxygen atoms in total. The summed E-state index contributed by atoms with van der Waals surface area (Å²) in [7, 11) is 0. The van der Waals surface area contributed by atoms with E-state index in [4.69, 9.17) is 22.4 Å². The summed E-state index contributed by atoms with van der Waals surface area (Å²) in [5, 5.41) is 9.20. The topological polar surface area (TPSA) is 46.2 Å². The number of benzene rings is 1. The van der Waals surface area contributed by atoms with E-state index in [1.807, 2.05) is 0 Å². The molecule has 0 heterocycles. The highest BCUT2D eigenvalue weighted by molar-refractivity contribution is 6.32. The number of phenols is 1. The van der Waals surface area contributed by atoms with Crippen LogP contribution in [0, 0.1) is 0 Å². The van der Waals surface area contributed by atoms with Gasteiger partial charge in [0.25, 0.3) is 0 Å². The Morgan fingerprint density at radius 2 is 2.07 bits per heavy atom. The SMILES string of the molecule is N[C@@H](CC(F)F)c1ccc(O)c(Cl)c1. The summed E-state index contributed by atoms with van der Waals surface area (Å²) in [5.41, 5.74) is 5.99. The van der Waals surface area contributed by atoms with Crippen LogP contribution in [0.5, 0.6) is 5.75 Å². The van der Waals surface area contributed by atoms with E-state index in [1.54, 1.807) is 0 Å². The van der Waals surface area contributed by atoms with Crippen molar-refractivity contribution in [2.75, 3.05) is 0 Å². The summed E-state index contributed by atoms with van der Waals surface area (Å²) < 4.78 is 24.0. The van der Waals surface area contributed by atoms with Gasteiger partial charge in [0.2, 0.25) is 6.43 Å². The quantitative estimate of drug-likeness (QED) is 0.825. The number of hydrogen-bond acceptors (Lipinski definition) is 2. The van der Waals surface area contributed by atoms with Crippen LogP contribution in [-0.2, 0) is 0 Å². The zero-order chi connectivity index (χ0) is 10.7. The van der Waals surface area contributed by atoms with E-state index in [1.165, 1.54) is 18.2 Å². The van der Waals surface area contributed by atoms with Crippen LogP contribution in [0.3, 0.4) is 0 Å². The molecule has 0 aliphatic heterocycles.